The first kappa shape index (κ1) is 21.8. The van der Waals surface area contributed by atoms with Gasteiger partial charge in [-0.3, -0.25) is 9.59 Å². The van der Waals surface area contributed by atoms with Crippen LogP contribution in [0.3, 0.4) is 0 Å². The fourth-order valence-electron chi connectivity index (χ4n) is 2.60. The summed E-state index contributed by atoms with van der Waals surface area (Å²) >= 11 is 2.65. The van der Waals surface area contributed by atoms with E-state index < -0.39 is 0 Å². The molecule has 0 spiro atoms. The van der Waals surface area contributed by atoms with E-state index in [4.69, 9.17) is 4.74 Å². The average molecular weight is 443 g/mol. The van der Waals surface area contributed by atoms with Gasteiger partial charge in [0.05, 0.1) is 18.9 Å². The summed E-state index contributed by atoms with van der Waals surface area (Å²) in [6, 6.07) is 16.8. The van der Waals surface area contributed by atoms with E-state index >= 15 is 0 Å². The second-order valence-corrected chi connectivity index (χ2v) is 8.42. The Bertz CT molecular complexity index is 977. The molecule has 2 amide bonds. The molecule has 9 heteroatoms. The van der Waals surface area contributed by atoms with Crippen molar-refractivity contribution in [3.8, 4) is 5.75 Å². The van der Waals surface area contributed by atoms with E-state index in [0.29, 0.717) is 28.0 Å². The van der Waals surface area contributed by atoms with Crippen LogP contribution in [0.15, 0.2) is 54.6 Å². The number of nitrogens with zero attached hydrogens (tertiary/aromatic N) is 2. The monoisotopic (exact) mass is 442 g/mol. The molecule has 0 bridgehead atoms. The van der Waals surface area contributed by atoms with Crippen molar-refractivity contribution in [2.75, 3.05) is 18.2 Å². The predicted octanol–water partition coefficient (Wildman–Crippen LogP) is 3.91. The molecule has 3 rings (SSSR count). The van der Waals surface area contributed by atoms with Gasteiger partial charge in [-0.1, -0.05) is 41.7 Å². The fourth-order valence-corrected chi connectivity index (χ4v) is 4.22. The van der Waals surface area contributed by atoms with E-state index in [-0.39, 0.29) is 22.9 Å². The Morgan fingerprint density at radius 3 is 2.53 bits per heavy atom. The SMILES string of the molecule is COc1ccc(NC(=O)c2nnc(CSCC(=O)N[C@@H](C)c3ccccc3)s2)cc1. The maximum atomic E-state index is 12.3. The van der Waals surface area contributed by atoms with Gasteiger partial charge < -0.3 is 15.4 Å². The number of anilines is 1. The molecule has 0 aliphatic rings. The van der Waals surface area contributed by atoms with E-state index in [2.05, 4.69) is 20.8 Å². The van der Waals surface area contributed by atoms with Crippen molar-refractivity contribution in [3.05, 3.63) is 70.2 Å². The van der Waals surface area contributed by atoms with Gasteiger partial charge in [-0.05, 0) is 36.8 Å². The molecule has 0 aliphatic heterocycles. The van der Waals surface area contributed by atoms with E-state index in [1.807, 2.05) is 37.3 Å². The number of amides is 2. The maximum Gasteiger partial charge on any atom is 0.286 e. The van der Waals surface area contributed by atoms with Gasteiger partial charge >= 0.3 is 0 Å². The first-order chi connectivity index (χ1) is 14.5. The number of aromatic nitrogens is 2. The summed E-state index contributed by atoms with van der Waals surface area (Å²) in [6.07, 6.45) is 0. The number of thioether (sulfide) groups is 1. The van der Waals surface area contributed by atoms with Crippen molar-refractivity contribution in [2.24, 2.45) is 0 Å². The molecular weight excluding hydrogens is 420 g/mol. The number of methoxy groups -OCH3 is 1. The number of hydrogen-bond donors (Lipinski definition) is 2. The summed E-state index contributed by atoms with van der Waals surface area (Å²) in [5.41, 5.74) is 1.71. The third-order valence-electron chi connectivity index (χ3n) is 4.14. The molecule has 30 heavy (non-hydrogen) atoms. The number of ether oxygens (including phenoxy) is 1. The van der Waals surface area contributed by atoms with E-state index in [0.717, 1.165) is 5.56 Å². The van der Waals surface area contributed by atoms with Crippen LogP contribution in [0.2, 0.25) is 0 Å². The van der Waals surface area contributed by atoms with Crippen LogP contribution in [0.1, 0.15) is 33.3 Å². The van der Waals surface area contributed by atoms with E-state index in [1.54, 1.807) is 31.4 Å². The lowest BCUT2D eigenvalue weighted by Crippen LogP contribution is -2.28. The zero-order chi connectivity index (χ0) is 21.3. The lowest BCUT2D eigenvalue weighted by atomic mass is 10.1. The zero-order valence-corrected chi connectivity index (χ0v) is 18.3. The van der Waals surface area contributed by atoms with Crippen LogP contribution in [0, 0.1) is 0 Å². The topological polar surface area (TPSA) is 93.2 Å². The van der Waals surface area contributed by atoms with Gasteiger partial charge in [0.2, 0.25) is 10.9 Å². The summed E-state index contributed by atoms with van der Waals surface area (Å²) < 4.78 is 5.10. The number of rotatable bonds is 9. The molecule has 1 aromatic heterocycles. The molecule has 3 aromatic rings. The van der Waals surface area contributed by atoms with Crippen LogP contribution < -0.4 is 15.4 Å². The van der Waals surface area contributed by atoms with Gasteiger partial charge in [0.25, 0.3) is 5.91 Å². The Balaban J connectivity index is 1.43. The molecule has 0 radical (unpaired) electrons. The molecular formula is C21H22N4O3S2. The largest absolute Gasteiger partial charge is 0.497 e. The number of nitrogens with one attached hydrogen (secondary N) is 2. The van der Waals surface area contributed by atoms with Crippen molar-refractivity contribution in [2.45, 2.75) is 18.7 Å². The molecule has 156 valence electrons. The molecule has 0 unspecified atom stereocenters. The minimum Gasteiger partial charge on any atom is -0.497 e. The van der Waals surface area contributed by atoms with Gasteiger partial charge in [0.1, 0.15) is 10.8 Å². The van der Waals surface area contributed by atoms with Crippen LogP contribution in [0.5, 0.6) is 5.75 Å². The second kappa shape index (κ2) is 10.7. The molecule has 7 nitrogen and oxygen atoms in total. The van der Waals surface area contributed by atoms with Crippen molar-refractivity contribution in [3.63, 3.8) is 0 Å². The maximum absolute atomic E-state index is 12.3. The van der Waals surface area contributed by atoms with Crippen LogP contribution >= 0.6 is 23.1 Å². The molecule has 0 fully saturated rings. The lowest BCUT2D eigenvalue weighted by molar-refractivity contribution is -0.119. The summed E-state index contributed by atoms with van der Waals surface area (Å²) in [7, 11) is 1.59. The predicted molar refractivity (Wildman–Crippen MR) is 120 cm³/mol. The first-order valence-electron chi connectivity index (χ1n) is 9.25. The zero-order valence-electron chi connectivity index (χ0n) is 16.6. The summed E-state index contributed by atoms with van der Waals surface area (Å²) in [6.45, 7) is 1.95. The summed E-state index contributed by atoms with van der Waals surface area (Å²) in [5, 5.41) is 14.7. The van der Waals surface area contributed by atoms with Crippen LogP contribution in [-0.4, -0.2) is 34.9 Å². The minimum absolute atomic E-state index is 0.0432. The Labute approximate surface area is 183 Å². The van der Waals surface area contributed by atoms with Gasteiger partial charge in [0.15, 0.2) is 0 Å². The highest BCUT2D eigenvalue weighted by Gasteiger charge is 2.14. The summed E-state index contributed by atoms with van der Waals surface area (Å²) in [5.74, 6) is 1.18. The highest BCUT2D eigenvalue weighted by Crippen LogP contribution is 2.20. The second-order valence-electron chi connectivity index (χ2n) is 6.38. The van der Waals surface area contributed by atoms with Crippen molar-refractivity contribution in [1.29, 1.82) is 0 Å². The Kier molecular flexibility index (Phi) is 7.81. The van der Waals surface area contributed by atoms with E-state index in [1.165, 1.54) is 23.1 Å². The molecule has 1 heterocycles. The van der Waals surface area contributed by atoms with Crippen LogP contribution in [-0.2, 0) is 10.5 Å². The minimum atomic E-state index is -0.316. The fraction of sp³-hybridized carbons (Fsp3) is 0.238. The van der Waals surface area contributed by atoms with Gasteiger partial charge in [-0.2, -0.15) is 0 Å². The number of hydrogen-bond acceptors (Lipinski definition) is 7. The molecule has 0 saturated heterocycles. The average Bonchev–Trinajstić information content (AvgIpc) is 3.24. The van der Waals surface area contributed by atoms with Crippen molar-refractivity contribution >= 4 is 40.6 Å². The number of carbonyl (C=O) groups is 2. The highest BCUT2D eigenvalue weighted by molar-refractivity contribution is 7.99. The van der Waals surface area contributed by atoms with E-state index in [9.17, 15) is 9.59 Å². The van der Waals surface area contributed by atoms with Crippen LogP contribution in [0.4, 0.5) is 5.69 Å². The number of benzene rings is 2. The Morgan fingerprint density at radius 1 is 1.10 bits per heavy atom. The van der Waals surface area contributed by atoms with Gasteiger partial charge in [0, 0.05) is 11.4 Å². The molecule has 0 aliphatic carbocycles. The standard InChI is InChI=1S/C21H22N4O3S2/c1-14(15-6-4-3-5-7-15)22-18(26)12-29-13-19-24-25-21(30-19)20(27)23-16-8-10-17(28-2)11-9-16/h3-11,14H,12-13H2,1-2H3,(H,22,26)(H,23,27)/t14-/m0/s1. The molecule has 2 aromatic carbocycles. The normalized spacial score (nSPS) is 11.5. The Hall–Kier alpha value is -2.91. The molecule has 0 saturated carbocycles. The van der Waals surface area contributed by atoms with Crippen molar-refractivity contribution < 1.29 is 14.3 Å². The highest BCUT2D eigenvalue weighted by atomic mass is 32.2. The first-order valence-corrected chi connectivity index (χ1v) is 11.2. The third kappa shape index (κ3) is 6.30. The smallest absolute Gasteiger partial charge is 0.286 e. The molecule has 2 N–H and O–H groups in total. The lowest BCUT2D eigenvalue weighted by Gasteiger charge is -2.13. The van der Waals surface area contributed by atoms with Gasteiger partial charge in [-0.15, -0.1) is 22.0 Å². The Morgan fingerprint density at radius 2 is 1.83 bits per heavy atom. The van der Waals surface area contributed by atoms with Crippen LogP contribution in [0.25, 0.3) is 0 Å². The molecule has 1 atom stereocenters. The summed E-state index contributed by atoms with van der Waals surface area (Å²) in [4.78, 5) is 24.5. The third-order valence-corrected chi connectivity index (χ3v) is 6.19. The number of carbonyl (C=O) groups excluding carboxylic acids is 2. The van der Waals surface area contributed by atoms with Crippen molar-refractivity contribution in [1.82, 2.24) is 15.5 Å². The quantitative estimate of drug-likeness (QED) is 0.522. The van der Waals surface area contributed by atoms with Gasteiger partial charge in [-0.25, -0.2) is 0 Å².